The fourth-order valence-electron chi connectivity index (χ4n) is 2.73. The van der Waals surface area contributed by atoms with Crippen molar-refractivity contribution in [2.45, 2.75) is 52.4 Å². The highest BCUT2D eigenvalue weighted by Gasteiger charge is 2.18. The Morgan fingerprint density at radius 1 is 0.963 bits per heavy atom. The van der Waals surface area contributed by atoms with E-state index in [4.69, 9.17) is 9.47 Å². The second-order valence-electron chi connectivity index (χ2n) is 7.66. The van der Waals surface area contributed by atoms with E-state index in [0.717, 1.165) is 35.8 Å². The molecule has 0 aliphatic heterocycles. The van der Waals surface area contributed by atoms with Gasteiger partial charge in [-0.3, -0.25) is 4.79 Å². The lowest BCUT2D eigenvalue weighted by Crippen LogP contribution is -2.21. The number of rotatable bonds is 9. The Labute approximate surface area is 162 Å². The van der Waals surface area contributed by atoms with Crippen LogP contribution in [0.25, 0.3) is 0 Å². The molecule has 4 nitrogen and oxygen atoms in total. The highest BCUT2D eigenvalue weighted by Crippen LogP contribution is 2.30. The van der Waals surface area contributed by atoms with Crippen molar-refractivity contribution >= 4 is 11.6 Å². The Morgan fingerprint density at radius 2 is 1.67 bits per heavy atom. The number of amides is 1. The molecule has 0 aliphatic rings. The molecule has 0 heterocycles. The number of carbonyl (C=O) groups is 1. The third-order valence-electron chi connectivity index (χ3n) is 4.21. The van der Waals surface area contributed by atoms with E-state index >= 15 is 0 Å². The second-order valence-corrected chi connectivity index (χ2v) is 7.66. The molecule has 0 aliphatic carbocycles. The third-order valence-corrected chi connectivity index (χ3v) is 4.21. The van der Waals surface area contributed by atoms with Crippen LogP contribution in [-0.2, 0) is 10.2 Å². The summed E-state index contributed by atoms with van der Waals surface area (Å²) in [7, 11) is 0. The number of hydrogen-bond acceptors (Lipinski definition) is 3. The fourth-order valence-corrected chi connectivity index (χ4v) is 2.73. The summed E-state index contributed by atoms with van der Waals surface area (Å²) in [6.07, 6.45) is 3.41. The lowest BCUT2D eigenvalue weighted by atomic mass is 9.86. The van der Waals surface area contributed by atoms with Crippen molar-refractivity contribution in [3.63, 3.8) is 0 Å². The molecule has 27 heavy (non-hydrogen) atoms. The van der Waals surface area contributed by atoms with Crippen LogP contribution in [0.15, 0.2) is 48.5 Å². The molecule has 0 spiro atoms. The first-order valence-corrected chi connectivity index (χ1v) is 9.65. The molecular weight excluding hydrogens is 338 g/mol. The van der Waals surface area contributed by atoms with E-state index in [1.807, 2.05) is 48.5 Å². The van der Waals surface area contributed by atoms with Crippen LogP contribution in [0.1, 0.15) is 52.5 Å². The molecular formula is C23H31NO3. The quantitative estimate of drug-likeness (QED) is 0.588. The van der Waals surface area contributed by atoms with E-state index in [-0.39, 0.29) is 17.9 Å². The first-order valence-electron chi connectivity index (χ1n) is 9.65. The molecule has 0 unspecified atom stereocenters. The molecule has 0 saturated heterocycles. The van der Waals surface area contributed by atoms with Crippen LogP contribution in [0, 0.1) is 0 Å². The molecule has 0 atom stereocenters. The van der Waals surface area contributed by atoms with Crippen molar-refractivity contribution < 1.29 is 14.3 Å². The molecule has 4 heteroatoms. The molecule has 2 aromatic rings. The van der Waals surface area contributed by atoms with Crippen molar-refractivity contribution in [1.29, 1.82) is 0 Å². The molecule has 0 bridgehead atoms. The van der Waals surface area contributed by atoms with Gasteiger partial charge >= 0.3 is 0 Å². The Kier molecular flexibility index (Phi) is 7.71. The van der Waals surface area contributed by atoms with Crippen molar-refractivity contribution in [1.82, 2.24) is 0 Å². The SMILES string of the molecule is CCCCCOc1ccc(NC(=O)COc2ccccc2C(C)(C)C)cc1. The number of benzene rings is 2. The van der Waals surface area contributed by atoms with Gasteiger partial charge in [0.05, 0.1) is 6.61 Å². The number of anilines is 1. The highest BCUT2D eigenvalue weighted by atomic mass is 16.5. The van der Waals surface area contributed by atoms with E-state index in [1.54, 1.807) is 0 Å². The van der Waals surface area contributed by atoms with E-state index < -0.39 is 0 Å². The predicted molar refractivity (Wildman–Crippen MR) is 111 cm³/mol. The maximum absolute atomic E-state index is 12.2. The minimum atomic E-state index is -0.185. The van der Waals surface area contributed by atoms with Crippen LogP contribution >= 0.6 is 0 Å². The molecule has 0 saturated carbocycles. The lowest BCUT2D eigenvalue weighted by Gasteiger charge is -2.22. The van der Waals surface area contributed by atoms with Crippen LogP contribution in [0.2, 0.25) is 0 Å². The first-order chi connectivity index (χ1) is 12.9. The van der Waals surface area contributed by atoms with Crippen LogP contribution in [0.4, 0.5) is 5.69 Å². The molecule has 2 rings (SSSR count). The maximum Gasteiger partial charge on any atom is 0.262 e. The molecule has 146 valence electrons. The molecule has 1 N–H and O–H groups in total. The third kappa shape index (κ3) is 6.97. The zero-order valence-corrected chi connectivity index (χ0v) is 16.9. The Morgan fingerprint density at radius 3 is 2.33 bits per heavy atom. The largest absolute Gasteiger partial charge is 0.494 e. The summed E-state index contributed by atoms with van der Waals surface area (Å²) < 4.78 is 11.4. The summed E-state index contributed by atoms with van der Waals surface area (Å²) in [6.45, 7) is 9.25. The monoisotopic (exact) mass is 369 g/mol. The van der Waals surface area contributed by atoms with Gasteiger partial charge in [-0.05, 0) is 47.7 Å². The van der Waals surface area contributed by atoms with Crippen LogP contribution in [0.3, 0.4) is 0 Å². The summed E-state index contributed by atoms with van der Waals surface area (Å²) in [6, 6.07) is 15.3. The van der Waals surface area contributed by atoms with Gasteiger partial charge in [0.15, 0.2) is 6.61 Å². The zero-order valence-electron chi connectivity index (χ0n) is 16.9. The Balaban J connectivity index is 1.84. The highest BCUT2D eigenvalue weighted by molar-refractivity contribution is 5.91. The maximum atomic E-state index is 12.2. The van der Waals surface area contributed by atoms with Crippen LogP contribution in [0.5, 0.6) is 11.5 Å². The van der Waals surface area contributed by atoms with Gasteiger partial charge in [0.2, 0.25) is 0 Å². The number of nitrogens with one attached hydrogen (secondary N) is 1. The van der Waals surface area contributed by atoms with Gasteiger partial charge in [-0.2, -0.15) is 0 Å². The number of carbonyl (C=O) groups excluding carboxylic acids is 1. The van der Waals surface area contributed by atoms with Gasteiger partial charge in [0.1, 0.15) is 11.5 Å². The Hall–Kier alpha value is -2.49. The molecule has 0 fully saturated rings. The lowest BCUT2D eigenvalue weighted by molar-refractivity contribution is -0.118. The summed E-state index contributed by atoms with van der Waals surface area (Å²) in [5, 5.41) is 2.85. The molecule has 0 aromatic heterocycles. The standard InChI is InChI=1S/C23H31NO3/c1-5-6-9-16-26-19-14-12-18(13-15-19)24-22(25)17-27-21-11-8-7-10-20(21)23(2,3)4/h7-8,10-15H,5-6,9,16-17H2,1-4H3,(H,24,25). The van der Waals surface area contributed by atoms with E-state index in [0.29, 0.717) is 0 Å². The van der Waals surface area contributed by atoms with Gasteiger partial charge in [-0.25, -0.2) is 0 Å². The number of unbranched alkanes of at least 4 members (excludes halogenated alkanes) is 2. The average molecular weight is 370 g/mol. The summed E-state index contributed by atoms with van der Waals surface area (Å²) in [4.78, 5) is 12.2. The van der Waals surface area contributed by atoms with Gasteiger partial charge in [-0.15, -0.1) is 0 Å². The van der Waals surface area contributed by atoms with E-state index in [2.05, 4.69) is 33.0 Å². The smallest absolute Gasteiger partial charge is 0.262 e. The molecule has 0 radical (unpaired) electrons. The van der Waals surface area contributed by atoms with Crippen LogP contribution in [-0.4, -0.2) is 19.1 Å². The summed E-state index contributed by atoms with van der Waals surface area (Å²) in [5.74, 6) is 1.38. The average Bonchev–Trinajstić information content (AvgIpc) is 2.64. The number of para-hydroxylation sites is 1. The van der Waals surface area contributed by atoms with Crippen molar-refractivity contribution in [2.75, 3.05) is 18.5 Å². The zero-order chi connectivity index (χ0) is 19.7. The molecule has 1 amide bonds. The van der Waals surface area contributed by atoms with Gasteiger partial charge in [0, 0.05) is 5.69 Å². The van der Waals surface area contributed by atoms with Crippen molar-refractivity contribution in [2.24, 2.45) is 0 Å². The van der Waals surface area contributed by atoms with Crippen molar-refractivity contribution in [3.8, 4) is 11.5 Å². The minimum absolute atomic E-state index is 0.0254. The number of ether oxygens (including phenoxy) is 2. The van der Waals surface area contributed by atoms with E-state index in [9.17, 15) is 4.79 Å². The van der Waals surface area contributed by atoms with Crippen molar-refractivity contribution in [3.05, 3.63) is 54.1 Å². The summed E-state index contributed by atoms with van der Waals surface area (Å²) >= 11 is 0. The number of hydrogen-bond donors (Lipinski definition) is 1. The summed E-state index contributed by atoms with van der Waals surface area (Å²) in [5.41, 5.74) is 1.77. The Bertz CT molecular complexity index is 717. The fraction of sp³-hybridized carbons (Fsp3) is 0.435. The van der Waals surface area contributed by atoms with Gasteiger partial charge < -0.3 is 14.8 Å². The minimum Gasteiger partial charge on any atom is -0.494 e. The second kappa shape index (κ2) is 10.0. The normalized spacial score (nSPS) is 11.1. The predicted octanol–water partition coefficient (Wildman–Crippen LogP) is 5.57. The first kappa shape index (κ1) is 20.8. The molecule has 2 aromatic carbocycles. The van der Waals surface area contributed by atoms with Gasteiger partial charge in [-0.1, -0.05) is 58.7 Å². The van der Waals surface area contributed by atoms with E-state index in [1.165, 1.54) is 12.8 Å². The topological polar surface area (TPSA) is 47.6 Å². The van der Waals surface area contributed by atoms with Gasteiger partial charge in [0.25, 0.3) is 5.91 Å². The van der Waals surface area contributed by atoms with Crippen LogP contribution < -0.4 is 14.8 Å².